The maximum atomic E-state index is 12.3. The van der Waals surface area contributed by atoms with Crippen molar-refractivity contribution in [2.75, 3.05) is 19.6 Å². The minimum atomic E-state index is -0.554. The molecular weight excluding hydrogens is 370 g/mol. The molecule has 3 amide bonds. The van der Waals surface area contributed by atoms with Crippen molar-refractivity contribution in [3.63, 3.8) is 0 Å². The van der Waals surface area contributed by atoms with Crippen LogP contribution in [0.25, 0.3) is 0 Å². The molecular formula is C22H33N3O4. The van der Waals surface area contributed by atoms with Crippen molar-refractivity contribution in [3.05, 3.63) is 35.9 Å². The highest BCUT2D eigenvalue weighted by Gasteiger charge is 2.24. The summed E-state index contributed by atoms with van der Waals surface area (Å²) in [6.45, 7) is 6.88. The summed E-state index contributed by atoms with van der Waals surface area (Å²) in [5.41, 5.74) is 0.602. The van der Waals surface area contributed by atoms with E-state index >= 15 is 0 Å². The Balaban J connectivity index is 1.61. The highest BCUT2D eigenvalue weighted by molar-refractivity contribution is 5.78. The third-order valence-corrected chi connectivity index (χ3v) is 4.70. The molecule has 0 atom stereocenters. The van der Waals surface area contributed by atoms with Gasteiger partial charge in [0.25, 0.3) is 0 Å². The van der Waals surface area contributed by atoms with Crippen molar-refractivity contribution >= 4 is 17.9 Å². The molecule has 0 bridgehead atoms. The van der Waals surface area contributed by atoms with Gasteiger partial charge in [0.05, 0.1) is 0 Å². The highest BCUT2D eigenvalue weighted by Crippen LogP contribution is 2.12. The SMILES string of the molecule is CC(C)(C)OC(=O)NCCC(=O)N1CCC(NC(=O)CCc2ccccc2)CC1. The van der Waals surface area contributed by atoms with Crippen LogP contribution in [0.5, 0.6) is 0 Å². The molecule has 0 radical (unpaired) electrons. The van der Waals surface area contributed by atoms with Crippen molar-refractivity contribution in [2.45, 2.75) is 64.5 Å². The van der Waals surface area contributed by atoms with Gasteiger partial charge in [0, 0.05) is 38.5 Å². The Morgan fingerprint density at radius 1 is 1.07 bits per heavy atom. The minimum Gasteiger partial charge on any atom is -0.444 e. The Labute approximate surface area is 173 Å². The second-order valence-corrected chi connectivity index (χ2v) is 8.39. The lowest BCUT2D eigenvalue weighted by Crippen LogP contribution is -2.47. The minimum absolute atomic E-state index is 0.00918. The van der Waals surface area contributed by atoms with E-state index in [1.807, 2.05) is 30.3 Å². The van der Waals surface area contributed by atoms with E-state index in [2.05, 4.69) is 10.6 Å². The fourth-order valence-electron chi connectivity index (χ4n) is 3.22. The quantitative estimate of drug-likeness (QED) is 0.733. The van der Waals surface area contributed by atoms with Crippen molar-refractivity contribution < 1.29 is 19.1 Å². The number of ether oxygens (including phenoxy) is 1. The van der Waals surface area contributed by atoms with E-state index in [0.717, 1.165) is 24.8 Å². The second kappa shape index (κ2) is 10.8. The van der Waals surface area contributed by atoms with Crippen molar-refractivity contribution in [2.24, 2.45) is 0 Å². The van der Waals surface area contributed by atoms with Crippen LogP contribution in [-0.4, -0.2) is 54.1 Å². The predicted octanol–water partition coefficient (Wildman–Crippen LogP) is 2.64. The Morgan fingerprint density at radius 2 is 1.72 bits per heavy atom. The first-order valence-electron chi connectivity index (χ1n) is 10.3. The lowest BCUT2D eigenvalue weighted by atomic mass is 10.0. The monoisotopic (exact) mass is 403 g/mol. The van der Waals surface area contributed by atoms with Crippen LogP contribution in [0.2, 0.25) is 0 Å². The number of carbonyl (C=O) groups excluding carboxylic acids is 3. The molecule has 7 nitrogen and oxygen atoms in total. The molecule has 2 rings (SSSR count). The van der Waals surface area contributed by atoms with E-state index in [4.69, 9.17) is 4.74 Å². The molecule has 0 aliphatic carbocycles. The fraction of sp³-hybridized carbons (Fsp3) is 0.591. The standard InChI is InChI=1S/C22H33N3O4/c1-22(2,3)29-21(28)23-14-11-20(27)25-15-12-18(13-16-25)24-19(26)10-9-17-7-5-4-6-8-17/h4-8,18H,9-16H2,1-3H3,(H,23,28)(H,24,26). The zero-order chi connectivity index (χ0) is 21.3. The lowest BCUT2D eigenvalue weighted by molar-refractivity contribution is -0.132. The van der Waals surface area contributed by atoms with Crippen LogP contribution in [0.3, 0.4) is 0 Å². The van der Waals surface area contributed by atoms with Gasteiger partial charge in [0.15, 0.2) is 0 Å². The number of nitrogens with one attached hydrogen (secondary N) is 2. The summed E-state index contributed by atoms with van der Waals surface area (Å²) in [6.07, 6.45) is 2.44. The molecule has 29 heavy (non-hydrogen) atoms. The molecule has 1 fully saturated rings. The van der Waals surface area contributed by atoms with Crippen LogP contribution in [0, 0.1) is 0 Å². The van der Waals surface area contributed by atoms with Gasteiger partial charge in [-0.3, -0.25) is 9.59 Å². The van der Waals surface area contributed by atoms with Crippen LogP contribution in [0.4, 0.5) is 4.79 Å². The first-order chi connectivity index (χ1) is 13.7. The number of likely N-dealkylation sites (tertiary alicyclic amines) is 1. The third kappa shape index (κ3) is 8.98. The smallest absolute Gasteiger partial charge is 0.407 e. The number of alkyl carbamates (subject to hydrolysis) is 1. The van der Waals surface area contributed by atoms with E-state index in [1.54, 1.807) is 25.7 Å². The van der Waals surface area contributed by atoms with Crippen LogP contribution in [0.15, 0.2) is 30.3 Å². The Morgan fingerprint density at radius 3 is 2.34 bits per heavy atom. The fourth-order valence-corrected chi connectivity index (χ4v) is 3.22. The van der Waals surface area contributed by atoms with E-state index in [1.165, 1.54) is 0 Å². The Hall–Kier alpha value is -2.57. The molecule has 1 heterocycles. The van der Waals surface area contributed by atoms with Gasteiger partial charge in [-0.05, 0) is 45.6 Å². The van der Waals surface area contributed by atoms with Crippen LogP contribution in [0.1, 0.15) is 52.0 Å². The maximum absolute atomic E-state index is 12.3. The number of hydrogen-bond acceptors (Lipinski definition) is 4. The van der Waals surface area contributed by atoms with Crippen molar-refractivity contribution in [1.29, 1.82) is 0 Å². The number of aryl methyl sites for hydroxylation is 1. The summed E-state index contributed by atoms with van der Waals surface area (Å²) < 4.78 is 5.15. The summed E-state index contributed by atoms with van der Waals surface area (Å²) in [7, 11) is 0. The molecule has 0 unspecified atom stereocenters. The van der Waals surface area contributed by atoms with Gasteiger partial charge in [-0.25, -0.2) is 4.79 Å². The van der Waals surface area contributed by atoms with Gasteiger partial charge in [-0.2, -0.15) is 0 Å². The first-order valence-corrected chi connectivity index (χ1v) is 10.3. The molecule has 0 spiro atoms. The highest BCUT2D eigenvalue weighted by atomic mass is 16.6. The van der Waals surface area contributed by atoms with E-state index in [-0.39, 0.29) is 30.8 Å². The zero-order valence-electron chi connectivity index (χ0n) is 17.7. The molecule has 7 heteroatoms. The van der Waals surface area contributed by atoms with Gasteiger partial charge in [0.1, 0.15) is 5.60 Å². The van der Waals surface area contributed by atoms with E-state index < -0.39 is 11.7 Å². The molecule has 1 aliphatic heterocycles. The molecule has 2 N–H and O–H groups in total. The average molecular weight is 404 g/mol. The predicted molar refractivity (Wildman–Crippen MR) is 111 cm³/mol. The molecule has 1 aliphatic rings. The number of carbonyl (C=O) groups is 3. The Bertz CT molecular complexity index is 677. The summed E-state index contributed by atoms with van der Waals surface area (Å²) in [4.78, 5) is 37.9. The number of rotatable bonds is 7. The normalized spacial score (nSPS) is 14.9. The number of hydrogen-bond donors (Lipinski definition) is 2. The molecule has 1 aromatic rings. The molecule has 1 aromatic carbocycles. The lowest BCUT2D eigenvalue weighted by Gasteiger charge is -2.32. The molecule has 0 saturated carbocycles. The van der Waals surface area contributed by atoms with Gasteiger partial charge in [-0.1, -0.05) is 30.3 Å². The van der Waals surface area contributed by atoms with Crippen molar-refractivity contribution in [1.82, 2.24) is 15.5 Å². The van der Waals surface area contributed by atoms with E-state index in [9.17, 15) is 14.4 Å². The zero-order valence-corrected chi connectivity index (χ0v) is 17.7. The van der Waals surface area contributed by atoms with Crippen LogP contribution in [-0.2, 0) is 20.7 Å². The first kappa shape index (κ1) is 22.7. The number of piperidine rings is 1. The largest absolute Gasteiger partial charge is 0.444 e. The maximum Gasteiger partial charge on any atom is 0.407 e. The average Bonchev–Trinajstić information content (AvgIpc) is 2.66. The molecule has 1 saturated heterocycles. The summed E-state index contributed by atoms with van der Waals surface area (Å²) in [5, 5.41) is 5.68. The van der Waals surface area contributed by atoms with Gasteiger partial charge < -0.3 is 20.3 Å². The van der Waals surface area contributed by atoms with Gasteiger partial charge in [0.2, 0.25) is 11.8 Å². The summed E-state index contributed by atoms with van der Waals surface area (Å²) in [6, 6.07) is 10.1. The van der Waals surface area contributed by atoms with Crippen LogP contribution >= 0.6 is 0 Å². The molecule has 0 aromatic heterocycles. The summed E-state index contributed by atoms with van der Waals surface area (Å²) >= 11 is 0. The van der Waals surface area contributed by atoms with Gasteiger partial charge >= 0.3 is 6.09 Å². The Kier molecular flexibility index (Phi) is 8.49. The van der Waals surface area contributed by atoms with Crippen LogP contribution < -0.4 is 10.6 Å². The number of amides is 3. The molecule has 160 valence electrons. The second-order valence-electron chi connectivity index (χ2n) is 8.39. The number of benzene rings is 1. The van der Waals surface area contributed by atoms with E-state index in [0.29, 0.717) is 19.5 Å². The number of nitrogens with zero attached hydrogens (tertiary/aromatic N) is 1. The topological polar surface area (TPSA) is 87.7 Å². The van der Waals surface area contributed by atoms with Gasteiger partial charge in [-0.15, -0.1) is 0 Å². The third-order valence-electron chi connectivity index (χ3n) is 4.70. The summed E-state index contributed by atoms with van der Waals surface area (Å²) in [5.74, 6) is 0.0649. The van der Waals surface area contributed by atoms with Crippen molar-refractivity contribution in [3.8, 4) is 0 Å².